The Balaban J connectivity index is 1.35. The number of carbonyl (C=O) groups is 1. The Labute approximate surface area is 190 Å². The first-order chi connectivity index (χ1) is 15.5. The van der Waals surface area contributed by atoms with E-state index in [2.05, 4.69) is 9.62 Å². The zero-order chi connectivity index (χ0) is 22.8. The molecule has 0 aliphatic carbocycles. The molecule has 0 saturated carbocycles. The Morgan fingerprint density at radius 1 is 0.938 bits per heavy atom. The summed E-state index contributed by atoms with van der Waals surface area (Å²) in [7, 11) is -3.66. The average Bonchev–Trinajstić information content (AvgIpc) is 2.81. The number of rotatable bonds is 11. The van der Waals surface area contributed by atoms with Crippen molar-refractivity contribution in [3.8, 4) is 11.5 Å². The van der Waals surface area contributed by atoms with Crippen LogP contribution in [-0.4, -0.2) is 76.6 Å². The maximum atomic E-state index is 12.5. The molecule has 2 aromatic carbocycles. The molecule has 1 fully saturated rings. The minimum atomic E-state index is -3.66. The number of piperazine rings is 1. The molecular formula is C23H31N3O5S. The summed E-state index contributed by atoms with van der Waals surface area (Å²) in [6.07, 6.45) is 0.132. The third kappa shape index (κ3) is 7.22. The van der Waals surface area contributed by atoms with Crippen molar-refractivity contribution in [2.45, 2.75) is 18.2 Å². The van der Waals surface area contributed by atoms with E-state index in [-0.39, 0.29) is 23.8 Å². The van der Waals surface area contributed by atoms with Gasteiger partial charge < -0.3 is 14.4 Å². The Morgan fingerprint density at radius 3 is 2.25 bits per heavy atom. The number of ether oxygens (including phenoxy) is 2. The lowest BCUT2D eigenvalue weighted by molar-refractivity contribution is -0.132. The summed E-state index contributed by atoms with van der Waals surface area (Å²) in [5, 5.41) is 0. The Morgan fingerprint density at radius 2 is 1.59 bits per heavy atom. The summed E-state index contributed by atoms with van der Waals surface area (Å²) >= 11 is 0. The first-order valence-corrected chi connectivity index (χ1v) is 12.4. The van der Waals surface area contributed by atoms with Crippen LogP contribution in [0.2, 0.25) is 0 Å². The van der Waals surface area contributed by atoms with Crippen molar-refractivity contribution in [1.82, 2.24) is 14.5 Å². The zero-order valence-electron chi connectivity index (χ0n) is 18.4. The third-order valence-corrected chi connectivity index (χ3v) is 6.70. The molecule has 0 unspecified atom stereocenters. The average molecular weight is 462 g/mol. The third-order valence-electron chi connectivity index (χ3n) is 5.22. The van der Waals surface area contributed by atoms with Crippen LogP contribution in [0.25, 0.3) is 0 Å². The predicted octanol–water partition coefficient (Wildman–Crippen LogP) is 1.98. The highest BCUT2D eigenvalue weighted by atomic mass is 32.2. The molecule has 0 bridgehead atoms. The van der Waals surface area contributed by atoms with Gasteiger partial charge >= 0.3 is 0 Å². The first-order valence-electron chi connectivity index (χ1n) is 10.9. The van der Waals surface area contributed by atoms with Gasteiger partial charge in [0.2, 0.25) is 15.9 Å². The van der Waals surface area contributed by atoms with E-state index in [1.54, 1.807) is 17.0 Å². The summed E-state index contributed by atoms with van der Waals surface area (Å²) in [4.78, 5) is 16.7. The molecule has 1 amide bonds. The number of sulfonamides is 1. The highest BCUT2D eigenvalue weighted by molar-refractivity contribution is 7.89. The number of para-hydroxylation sites is 1. The van der Waals surface area contributed by atoms with Crippen LogP contribution in [0.3, 0.4) is 0 Å². The molecule has 9 heteroatoms. The van der Waals surface area contributed by atoms with Crippen molar-refractivity contribution >= 4 is 15.9 Å². The number of nitrogens with zero attached hydrogens (tertiary/aromatic N) is 2. The van der Waals surface area contributed by atoms with E-state index >= 15 is 0 Å². The molecule has 1 aliphatic rings. The van der Waals surface area contributed by atoms with Gasteiger partial charge in [-0.2, -0.15) is 0 Å². The number of hydrogen-bond donors (Lipinski definition) is 1. The Hall–Kier alpha value is -2.62. The van der Waals surface area contributed by atoms with E-state index in [1.165, 1.54) is 12.1 Å². The molecule has 8 nitrogen and oxygen atoms in total. The van der Waals surface area contributed by atoms with Crippen LogP contribution >= 0.6 is 0 Å². The van der Waals surface area contributed by atoms with Crippen LogP contribution in [-0.2, 0) is 14.8 Å². The smallest absolute Gasteiger partial charge is 0.240 e. The van der Waals surface area contributed by atoms with Crippen molar-refractivity contribution in [2.24, 2.45) is 0 Å². The monoisotopic (exact) mass is 461 g/mol. The quantitative estimate of drug-likeness (QED) is 0.551. The Bertz CT molecular complexity index is 943. The zero-order valence-corrected chi connectivity index (χ0v) is 19.2. The van der Waals surface area contributed by atoms with Gasteiger partial charge in [-0.1, -0.05) is 18.2 Å². The fraction of sp³-hybridized carbons (Fsp3) is 0.435. The van der Waals surface area contributed by atoms with Crippen molar-refractivity contribution in [2.75, 3.05) is 52.5 Å². The van der Waals surface area contributed by atoms with Gasteiger partial charge in [0, 0.05) is 45.7 Å². The molecule has 1 N–H and O–H groups in total. The minimum Gasteiger partial charge on any atom is -0.494 e. The van der Waals surface area contributed by atoms with E-state index in [0.29, 0.717) is 32.1 Å². The number of hydrogen-bond acceptors (Lipinski definition) is 6. The largest absolute Gasteiger partial charge is 0.494 e. The maximum absolute atomic E-state index is 12.5. The van der Waals surface area contributed by atoms with Gasteiger partial charge in [0.05, 0.1) is 11.5 Å². The van der Waals surface area contributed by atoms with Gasteiger partial charge in [0.15, 0.2) is 0 Å². The number of amides is 1. The molecule has 32 heavy (non-hydrogen) atoms. The van der Waals surface area contributed by atoms with Gasteiger partial charge in [-0.3, -0.25) is 9.69 Å². The second kappa shape index (κ2) is 11.8. The highest BCUT2D eigenvalue weighted by Gasteiger charge is 2.21. The summed E-state index contributed by atoms with van der Waals surface area (Å²) in [6.45, 7) is 6.69. The fourth-order valence-corrected chi connectivity index (χ4v) is 4.48. The topological polar surface area (TPSA) is 88.2 Å². The van der Waals surface area contributed by atoms with Crippen molar-refractivity contribution in [3.63, 3.8) is 0 Å². The maximum Gasteiger partial charge on any atom is 0.240 e. The van der Waals surface area contributed by atoms with E-state index in [9.17, 15) is 13.2 Å². The number of benzene rings is 2. The van der Waals surface area contributed by atoms with Gasteiger partial charge in [0.25, 0.3) is 0 Å². The van der Waals surface area contributed by atoms with Crippen LogP contribution in [0.5, 0.6) is 11.5 Å². The summed E-state index contributed by atoms with van der Waals surface area (Å²) in [5.41, 5.74) is 0. The van der Waals surface area contributed by atoms with E-state index in [0.717, 1.165) is 25.4 Å². The van der Waals surface area contributed by atoms with Gasteiger partial charge in [-0.15, -0.1) is 0 Å². The molecule has 174 valence electrons. The van der Waals surface area contributed by atoms with E-state index in [4.69, 9.17) is 9.47 Å². The normalized spacial score (nSPS) is 14.8. The SMILES string of the molecule is CCOc1ccc(S(=O)(=O)NCCC(=O)N2CCN(CCOc3ccccc3)CC2)cc1. The van der Waals surface area contributed by atoms with Crippen LogP contribution < -0.4 is 14.2 Å². The molecule has 0 radical (unpaired) electrons. The lowest BCUT2D eigenvalue weighted by Crippen LogP contribution is -2.50. The predicted molar refractivity (Wildman–Crippen MR) is 122 cm³/mol. The minimum absolute atomic E-state index is 0.0421. The standard InChI is InChI=1S/C23H31N3O5S/c1-2-30-21-8-10-22(11-9-21)32(28,29)24-13-12-23(27)26-16-14-25(15-17-26)18-19-31-20-6-4-3-5-7-20/h3-11,24H,2,12-19H2,1H3. The molecule has 0 aromatic heterocycles. The lowest BCUT2D eigenvalue weighted by atomic mass is 10.2. The van der Waals surface area contributed by atoms with Crippen LogP contribution in [0.4, 0.5) is 0 Å². The van der Waals surface area contributed by atoms with Crippen molar-refractivity contribution < 1.29 is 22.7 Å². The lowest BCUT2D eigenvalue weighted by Gasteiger charge is -2.34. The molecular weight excluding hydrogens is 430 g/mol. The van der Waals surface area contributed by atoms with Gasteiger partial charge in [-0.25, -0.2) is 13.1 Å². The van der Waals surface area contributed by atoms with Crippen molar-refractivity contribution in [3.05, 3.63) is 54.6 Å². The fourth-order valence-electron chi connectivity index (χ4n) is 3.45. The van der Waals surface area contributed by atoms with Gasteiger partial charge in [-0.05, 0) is 43.3 Å². The molecule has 0 atom stereocenters. The van der Waals surface area contributed by atoms with Crippen LogP contribution in [0, 0.1) is 0 Å². The van der Waals surface area contributed by atoms with Crippen LogP contribution in [0.1, 0.15) is 13.3 Å². The second-order valence-corrected chi connectivity index (χ2v) is 9.20. The number of carbonyl (C=O) groups excluding carboxylic acids is 1. The molecule has 3 rings (SSSR count). The molecule has 1 heterocycles. The molecule has 1 saturated heterocycles. The summed E-state index contributed by atoms with van der Waals surface area (Å²) in [5.74, 6) is 1.43. The molecule has 2 aromatic rings. The molecule has 0 spiro atoms. The second-order valence-electron chi connectivity index (χ2n) is 7.44. The summed E-state index contributed by atoms with van der Waals surface area (Å²) in [6, 6.07) is 15.9. The van der Waals surface area contributed by atoms with E-state index in [1.807, 2.05) is 37.3 Å². The Kier molecular flexibility index (Phi) is 8.90. The number of nitrogens with one attached hydrogen (secondary N) is 1. The van der Waals surface area contributed by atoms with Crippen molar-refractivity contribution in [1.29, 1.82) is 0 Å². The molecule has 1 aliphatic heterocycles. The van der Waals surface area contributed by atoms with E-state index < -0.39 is 10.0 Å². The van der Waals surface area contributed by atoms with Gasteiger partial charge in [0.1, 0.15) is 18.1 Å². The highest BCUT2D eigenvalue weighted by Crippen LogP contribution is 2.16. The first kappa shape index (κ1) is 24.0. The summed E-state index contributed by atoms with van der Waals surface area (Å²) < 4.78 is 38.4. The van der Waals surface area contributed by atoms with Crippen LogP contribution in [0.15, 0.2) is 59.5 Å².